The first-order valence-corrected chi connectivity index (χ1v) is 8.01. The van der Waals surface area contributed by atoms with Crippen molar-refractivity contribution in [1.82, 2.24) is 20.2 Å². The standard InChI is InChI=1S/C18H15N5O4/c1-26-12-5-10(6-13(8-12)27-2)15-9-17(22-21-15)18-19-14-4-3-11(23(24)25)7-16(14)20-18/h3-9H,1-2H3,(H,19,20)(H,21,22). The van der Waals surface area contributed by atoms with Gasteiger partial charge in [0.15, 0.2) is 5.82 Å². The Hall–Kier alpha value is -3.88. The van der Waals surface area contributed by atoms with Gasteiger partial charge in [0.2, 0.25) is 0 Å². The Bertz CT molecular complexity index is 1130. The van der Waals surface area contributed by atoms with Crippen LogP contribution in [-0.2, 0) is 0 Å². The monoisotopic (exact) mass is 365 g/mol. The minimum atomic E-state index is -0.446. The normalized spacial score (nSPS) is 10.9. The molecule has 2 aromatic heterocycles. The molecule has 27 heavy (non-hydrogen) atoms. The molecule has 0 aliphatic rings. The van der Waals surface area contributed by atoms with Gasteiger partial charge >= 0.3 is 0 Å². The summed E-state index contributed by atoms with van der Waals surface area (Å²) in [6, 6.07) is 11.8. The van der Waals surface area contributed by atoms with Gasteiger partial charge in [-0.1, -0.05) is 0 Å². The van der Waals surface area contributed by atoms with Crippen molar-refractivity contribution in [3.63, 3.8) is 0 Å². The molecule has 0 fully saturated rings. The Morgan fingerprint density at radius 1 is 1.04 bits per heavy atom. The van der Waals surface area contributed by atoms with Gasteiger partial charge in [0.1, 0.15) is 17.2 Å². The molecule has 4 aromatic rings. The maximum atomic E-state index is 10.9. The molecule has 0 radical (unpaired) electrons. The van der Waals surface area contributed by atoms with Crippen LogP contribution in [0.15, 0.2) is 42.5 Å². The summed E-state index contributed by atoms with van der Waals surface area (Å²) in [7, 11) is 3.17. The number of fused-ring (bicyclic) bond motifs is 1. The second-order valence-corrected chi connectivity index (χ2v) is 5.81. The summed E-state index contributed by atoms with van der Waals surface area (Å²) in [5.41, 5.74) is 3.38. The Balaban J connectivity index is 1.72. The molecule has 0 saturated carbocycles. The van der Waals surface area contributed by atoms with Crippen LogP contribution in [0, 0.1) is 10.1 Å². The number of H-pyrrole nitrogens is 2. The van der Waals surface area contributed by atoms with E-state index in [0.29, 0.717) is 39.7 Å². The van der Waals surface area contributed by atoms with Gasteiger partial charge in [0.25, 0.3) is 5.69 Å². The molecule has 0 aliphatic carbocycles. The molecule has 0 unspecified atom stereocenters. The zero-order valence-corrected chi connectivity index (χ0v) is 14.5. The number of aromatic nitrogens is 4. The van der Waals surface area contributed by atoms with Gasteiger partial charge < -0.3 is 14.5 Å². The number of methoxy groups -OCH3 is 2. The molecule has 0 amide bonds. The third kappa shape index (κ3) is 3.06. The number of imidazole rings is 1. The maximum Gasteiger partial charge on any atom is 0.271 e. The van der Waals surface area contributed by atoms with Crippen LogP contribution in [0.2, 0.25) is 0 Å². The molecule has 0 atom stereocenters. The van der Waals surface area contributed by atoms with E-state index in [2.05, 4.69) is 20.2 Å². The lowest BCUT2D eigenvalue weighted by molar-refractivity contribution is -0.384. The lowest BCUT2D eigenvalue weighted by Gasteiger charge is -2.06. The van der Waals surface area contributed by atoms with Crippen molar-refractivity contribution in [3.05, 3.63) is 52.6 Å². The van der Waals surface area contributed by atoms with Gasteiger partial charge in [-0.25, -0.2) is 4.98 Å². The fourth-order valence-electron chi connectivity index (χ4n) is 2.78. The van der Waals surface area contributed by atoms with E-state index in [1.165, 1.54) is 12.1 Å². The highest BCUT2D eigenvalue weighted by molar-refractivity contribution is 5.81. The van der Waals surface area contributed by atoms with Crippen LogP contribution in [0.1, 0.15) is 0 Å². The average molecular weight is 365 g/mol. The number of benzene rings is 2. The minimum absolute atomic E-state index is 0.00525. The third-order valence-corrected chi connectivity index (χ3v) is 4.16. The van der Waals surface area contributed by atoms with Crippen LogP contribution in [0.4, 0.5) is 5.69 Å². The molecule has 2 heterocycles. The molecule has 9 nitrogen and oxygen atoms in total. The third-order valence-electron chi connectivity index (χ3n) is 4.16. The van der Waals surface area contributed by atoms with Crippen molar-refractivity contribution in [2.24, 2.45) is 0 Å². The molecular weight excluding hydrogens is 350 g/mol. The fourth-order valence-corrected chi connectivity index (χ4v) is 2.78. The van der Waals surface area contributed by atoms with Crippen molar-refractivity contribution in [2.45, 2.75) is 0 Å². The van der Waals surface area contributed by atoms with Gasteiger partial charge in [-0.05, 0) is 24.3 Å². The fraction of sp³-hybridized carbons (Fsp3) is 0.111. The molecule has 2 N–H and O–H groups in total. The van der Waals surface area contributed by atoms with E-state index in [9.17, 15) is 10.1 Å². The van der Waals surface area contributed by atoms with Crippen LogP contribution >= 0.6 is 0 Å². The van der Waals surface area contributed by atoms with Crippen molar-refractivity contribution in [2.75, 3.05) is 14.2 Å². The van der Waals surface area contributed by atoms with Crippen molar-refractivity contribution < 1.29 is 14.4 Å². The summed E-state index contributed by atoms with van der Waals surface area (Å²) in [5.74, 6) is 1.86. The van der Waals surface area contributed by atoms with Gasteiger partial charge in [-0.3, -0.25) is 15.2 Å². The van der Waals surface area contributed by atoms with Crippen LogP contribution < -0.4 is 9.47 Å². The Kier molecular flexibility index (Phi) is 3.96. The highest BCUT2D eigenvalue weighted by atomic mass is 16.6. The number of nitro benzene ring substituents is 1. The predicted molar refractivity (Wildman–Crippen MR) is 98.9 cm³/mol. The molecular formula is C18H15N5O4. The first-order valence-electron chi connectivity index (χ1n) is 8.01. The first kappa shape index (κ1) is 16.6. The molecule has 9 heteroatoms. The smallest absolute Gasteiger partial charge is 0.271 e. The number of nitrogens with zero attached hydrogens (tertiary/aromatic N) is 3. The highest BCUT2D eigenvalue weighted by Crippen LogP contribution is 2.31. The number of hydrogen-bond acceptors (Lipinski definition) is 6. The van der Waals surface area contributed by atoms with Crippen LogP contribution in [0.3, 0.4) is 0 Å². The van der Waals surface area contributed by atoms with Crippen molar-refractivity contribution in [1.29, 1.82) is 0 Å². The van der Waals surface area contributed by atoms with Crippen molar-refractivity contribution in [3.8, 4) is 34.3 Å². The van der Waals surface area contributed by atoms with E-state index in [-0.39, 0.29) is 5.69 Å². The average Bonchev–Trinajstić information content (AvgIpc) is 3.33. The Morgan fingerprint density at radius 3 is 2.44 bits per heavy atom. The number of nitro groups is 1. The van der Waals surface area contributed by atoms with Crippen LogP contribution in [0.25, 0.3) is 33.8 Å². The minimum Gasteiger partial charge on any atom is -0.497 e. The quantitative estimate of drug-likeness (QED) is 0.412. The van der Waals surface area contributed by atoms with E-state index in [1.54, 1.807) is 26.4 Å². The number of nitrogens with one attached hydrogen (secondary N) is 2. The number of non-ortho nitro benzene ring substituents is 1. The van der Waals surface area contributed by atoms with Crippen molar-refractivity contribution >= 4 is 16.7 Å². The first-order chi connectivity index (χ1) is 13.1. The number of hydrogen-bond donors (Lipinski definition) is 2. The van der Waals surface area contributed by atoms with Crippen LogP contribution in [0.5, 0.6) is 11.5 Å². The van der Waals surface area contributed by atoms with Gasteiger partial charge in [0.05, 0.1) is 35.9 Å². The SMILES string of the molecule is COc1cc(OC)cc(-c2cc(-c3nc4cc([N+](=O)[O-])ccc4[nH]3)[nH]n2)c1. The second kappa shape index (κ2) is 6.45. The van der Waals surface area contributed by atoms with E-state index in [4.69, 9.17) is 9.47 Å². The molecule has 0 aliphatic heterocycles. The number of rotatable bonds is 5. The summed E-state index contributed by atoms with van der Waals surface area (Å²) < 4.78 is 10.6. The lowest BCUT2D eigenvalue weighted by atomic mass is 10.1. The van der Waals surface area contributed by atoms with E-state index in [0.717, 1.165) is 5.56 Å². The Labute approximate surface area is 153 Å². The largest absolute Gasteiger partial charge is 0.497 e. The van der Waals surface area contributed by atoms with Gasteiger partial charge in [-0.15, -0.1) is 0 Å². The number of ether oxygens (including phenoxy) is 2. The molecule has 136 valence electrons. The van der Waals surface area contributed by atoms with Crippen LogP contribution in [-0.4, -0.2) is 39.3 Å². The van der Waals surface area contributed by atoms with E-state index >= 15 is 0 Å². The Morgan fingerprint density at radius 2 is 1.78 bits per heavy atom. The maximum absolute atomic E-state index is 10.9. The zero-order valence-electron chi connectivity index (χ0n) is 14.5. The highest BCUT2D eigenvalue weighted by Gasteiger charge is 2.14. The molecule has 0 bridgehead atoms. The summed E-state index contributed by atoms with van der Waals surface area (Å²) in [5, 5.41) is 18.2. The number of aromatic amines is 2. The summed E-state index contributed by atoms with van der Waals surface area (Å²) in [6.07, 6.45) is 0. The predicted octanol–water partition coefficient (Wildman–Crippen LogP) is 3.55. The summed E-state index contributed by atoms with van der Waals surface area (Å²) in [4.78, 5) is 18.0. The topological polar surface area (TPSA) is 119 Å². The van der Waals surface area contributed by atoms with Gasteiger partial charge in [-0.2, -0.15) is 5.10 Å². The lowest BCUT2D eigenvalue weighted by Crippen LogP contribution is -1.88. The molecule has 2 aromatic carbocycles. The second-order valence-electron chi connectivity index (χ2n) is 5.81. The van der Waals surface area contributed by atoms with E-state index in [1.807, 2.05) is 18.2 Å². The molecule has 4 rings (SSSR count). The van der Waals surface area contributed by atoms with E-state index < -0.39 is 4.92 Å². The zero-order chi connectivity index (χ0) is 19.0. The summed E-state index contributed by atoms with van der Waals surface area (Å²) >= 11 is 0. The molecule has 0 spiro atoms. The summed E-state index contributed by atoms with van der Waals surface area (Å²) in [6.45, 7) is 0. The molecule has 0 saturated heterocycles. The van der Waals surface area contributed by atoms with Gasteiger partial charge in [0, 0.05) is 23.8 Å².